The van der Waals surface area contributed by atoms with E-state index in [2.05, 4.69) is 148 Å². The van der Waals surface area contributed by atoms with Gasteiger partial charge in [-0.05, 0) is 82.3 Å². The molecule has 1 atom stereocenters. The van der Waals surface area contributed by atoms with Crippen LogP contribution in [-0.4, -0.2) is 31.3 Å². The normalized spacial score (nSPS) is 15.6. The Bertz CT molecular complexity index is 2740. The summed E-state index contributed by atoms with van der Waals surface area (Å²) in [7, 11) is 0. The lowest BCUT2D eigenvalue weighted by Crippen LogP contribution is -2.43. The van der Waals surface area contributed by atoms with Gasteiger partial charge in [0.05, 0.1) is 22.4 Å². The van der Waals surface area contributed by atoms with Crippen molar-refractivity contribution >= 4 is 56.1 Å². The fourth-order valence-electron chi connectivity index (χ4n) is 8.18. The molecule has 1 aliphatic carbocycles. The van der Waals surface area contributed by atoms with Gasteiger partial charge in [0.2, 0.25) is 11.6 Å². The molecule has 6 heteroatoms. The number of anilines is 2. The molecule has 51 heavy (non-hydrogen) atoms. The molecule has 6 nitrogen and oxygen atoms in total. The van der Waals surface area contributed by atoms with E-state index in [0.29, 0.717) is 17.6 Å². The van der Waals surface area contributed by atoms with Crippen LogP contribution >= 0.6 is 0 Å². The molecule has 0 saturated carbocycles. The molecule has 0 N–H and O–H groups in total. The summed E-state index contributed by atoms with van der Waals surface area (Å²) in [5.74, 6) is 1.87. The summed E-state index contributed by atoms with van der Waals surface area (Å²) in [5.41, 5.74) is 12.4. The zero-order valence-electron chi connectivity index (χ0n) is 27.4. The van der Waals surface area contributed by atoms with Crippen molar-refractivity contribution in [1.82, 2.24) is 24.1 Å². The molecule has 2 aliphatic heterocycles. The van der Waals surface area contributed by atoms with Gasteiger partial charge in [-0.3, -0.25) is 0 Å². The first-order chi connectivity index (χ1) is 25.3. The summed E-state index contributed by atoms with van der Waals surface area (Å²) in [5, 5.41) is 2.49. The number of aromatic nitrogens is 4. The minimum absolute atomic E-state index is 0.0788. The highest BCUT2D eigenvalue weighted by atomic mass is 15.3. The largest absolute Gasteiger partial charge is 0.442 e. The number of hydrogen-bond donors (Lipinski definition) is 0. The lowest BCUT2D eigenvalue weighted by atomic mass is 9.91. The van der Waals surface area contributed by atoms with E-state index in [1.54, 1.807) is 0 Å². The molecule has 4 heterocycles. The highest BCUT2D eigenvalue weighted by molar-refractivity contribution is 6.25. The fraction of sp³-hybridized carbons (Fsp3) is 0.0222. The third-order valence-electron chi connectivity index (χ3n) is 10.3. The van der Waals surface area contributed by atoms with Gasteiger partial charge in [-0.25, -0.2) is 0 Å². The number of nitrogens with zero attached hydrogens (tertiary/aromatic N) is 6. The van der Waals surface area contributed by atoms with Gasteiger partial charge < -0.3 is 9.47 Å². The van der Waals surface area contributed by atoms with E-state index < -0.39 is 0 Å². The van der Waals surface area contributed by atoms with E-state index in [1.165, 1.54) is 38.6 Å². The first kappa shape index (κ1) is 28.0. The third-order valence-corrected chi connectivity index (χ3v) is 10.3. The highest BCUT2D eigenvalue weighted by Crippen LogP contribution is 2.55. The van der Waals surface area contributed by atoms with Crippen LogP contribution in [-0.2, 0) is 0 Å². The Morgan fingerprint density at radius 3 is 1.94 bits per heavy atom. The van der Waals surface area contributed by atoms with E-state index in [-0.39, 0.29) is 6.04 Å². The fourth-order valence-corrected chi connectivity index (χ4v) is 8.18. The number of para-hydroxylation sites is 4. The molecule has 0 fully saturated rings. The molecule has 0 amide bonds. The van der Waals surface area contributed by atoms with Crippen LogP contribution in [0, 0.1) is 0 Å². The molecule has 11 rings (SSSR count). The third kappa shape index (κ3) is 4.04. The standard InChI is InChI=1S/C45H29N6/c1-4-15-29(16-5-1)43-46-44(30-17-6-2-7-18-30)48-45(47-43)51-37-25-13-12-24-36(37)50-38-28-27-33-32-21-10-11-23-35(32)49(31-19-8-3-9-20-31)42(33)40(38)34-22-14-26-39(51)41(34)50/h1-28,41H/q+1. The van der Waals surface area contributed by atoms with Crippen LogP contribution in [0.5, 0.6) is 0 Å². The van der Waals surface area contributed by atoms with Gasteiger partial charge in [0.15, 0.2) is 0 Å². The molecule has 1 unspecified atom stereocenters. The van der Waals surface area contributed by atoms with Crippen molar-refractivity contribution in [2.24, 2.45) is 0 Å². The van der Waals surface area contributed by atoms with Gasteiger partial charge >= 0.3 is 5.95 Å². The lowest BCUT2D eigenvalue weighted by Gasteiger charge is -2.35. The maximum atomic E-state index is 5.20. The van der Waals surface area contributed by atoms with E-state index in [1.807, 2.05) is 36.4 Å². The number of rotatable bonds is 4. The molecule has 0 bridgehead atoms. The topological polar surface area (TPSA) is 49.9 Å². The second-order valence-electron chi connectivity index (χ2n) is 13.1. The second-order valence-corrected chi connectivity index (χ2v) is 13.1. The van der Waals surface area contributed by atoms with Crippen LogP contribution in [0.2, 0.25) is 0 Å². The molecule has 8 aromatic rings. The number of allylic oxidation sites excluding steroid dienone is 2. The van der Waals surface area contributed by atoms with Crippen molar-refractivity contribution in [2.75, 3.05) is 4.90 Å². The van der Waals surface area contributed by atoms with Crippen molar-refractivity contribution in [2.45, 2.75) is 6.04 Å². The van der Waals surface area contributed by atoms with Gasteiger partial charge in [0.25, 0.3) is 0 Å². The Morgan fingerprint density at radius 2 is 1.20 bits per heavy atom. The SMILES string of the molecule is C1=CC2=[N+](c3nc(-c4ccccc4)nc(-c4ccccc4)n3)c3ccccc3N3c4ccc5c6ccccc6n(-c6ccccc6)c5c4C(=C1)C23. The highest BCUT2D eigenvalue weighted by Gasteiger charge is 2.47. The van der Waals surface area contributed by atoms with Crippen LogP contribution in [0.15, 0.2) is 170 Å². The summed E-state index contributed by atoms with van der Waals surface area (Å²) in [4.78, 5) is 17.9. The van der Waals surface area contributed by atoms with Gasteiger partial charge in [0, 0.05) is 33.2 Å². The molecular weight excluding hydrogens is 625 g/mol. The van der Waals surface area contributed by atoms with E-state index >= 15 is 0 Å². The summed E-state index contributed by atoms with van der Waals surface area (Å²) in [6, 6.07) is 53.0. The molecule has 6 aromatic carbocycles. The Morgan fingerprint density at radius 1 is 0.549 bits per heavy atom. The smallest absolute Gasteiger partial charge is 0.323 e. The van der Waals surface area contributed by atoms with E-state index in [0.717, 1.165) is 33.9 Å². The van der Waals surface area contributed by atoms with Gasteiger partial charge in [-0.2, -0.15) is 9.56 Å². The first-order valence-corrected chi connectivity index (χ1v) is 17.3. The summed E-state index contributed by atoms with van der Waals surface area (Å²) < 4.78 is 4.69. The predicted octanol–water partition coefficient (Wildman–Crippen LogP) is 10.1. The maximum absolute atomic E-state index is 5.20. The quantitative estimate of drug-likeness (QED) is 0.178. The lowest BCUT2D eigenvalue weighted by molar-refractivity contribution is 0.871. The Labute approximate surface area is 294 Å². The van der Waals surface area contributed by atoms with Crippen molar-refractivity contribution < 1.29 is 0 Å². The Hall–Kier alpha value is -6.92. The Balaban J connectivity index is 1.20. The minimum Gasteiger partial charge on any atom is -0.323 e. The molecule has 238 valence electrons. The van der Waals surface area contributed by atoms with Crippen LogP contribution in [0.4, 0.5) is 23.0 Å². The molecule has 0 spiro atoms. The van der Waals surface area contributed by atoms with Crippen molar-refractivity contribution in [1.29, 1.82) is 0 Å². The minimum atomic E-state index is -0.0788. The second kappa shape index (κ2) is 10.8. The van der Waals surface area contributed by atoms with E-state index in [4.69, 9.17) is 15.0 Å². The summed E-state index contributed by atoms with van der Waals surface area (Å²) >= 11 is 0. The Kier molecular flexibility index (Phi) is 5.92. The van der Waals surface area contributed by atoms with Gasteiger partial charge in [0.1, 0.15) is 17.4 Å². The van der Waals surface area contributed by atoms with Crippen LogP contribution < -0.4 is 9.48 Å². The van der Waals surface area contributed by atoms with Crippen molar-refractivity contribution in [3.8, 4) is 28.5 Å². The first-order valence-electron chi connectivity index (χ1n) is 17.3. The summed E-state index contributed by atoms with van der Waals surface area (Å²) in [6.07, 6.45) is 6.70. The average Bonchev–Trinajstić information content (AvgIpc) is 3.73. The molecule has 0 saturated heterocycles. The van der Waals surface area contributed by atoms with E-state index in [9.17, 15) is 0 Å². The number of fused-ring (bicyclic) bond motifs is 9. The maximum Gasteiger partial charge on any atom is 0.442 e. The molecule has 0 radical (unpaired) electrons. The monoisotopic (exact) mass is 653 g/mol. The predicted molar refractivity (Wildman–Crippen MR) is 207 cm³/mol. The van der Waals surface area contributed by atoms with Crippen LogP contribution in [0.1, 0.15) is 5.56 Å². The van der Waals surface area contributed by atoms with Crippen LogP contribution in [0.25, 0.3) is 55.8 Å². The van der Waals surface area contributed by atoms with Crippen molar-refractivity contribution in [3.05, 3.63) is 175 Å². The number of hydrogen-bond acceptors (Lipinski definition) is 4. The molecule has 2 aromatic heterocycles. The van der Waals surface area contributed by atoms with Crippen LogP contribution in [0.3, 0.4) is 0 Å². The average molecular weight is 654 g/mol. The number of benzene rings is 6. The van der Waals surface area contributed by atoms with Gasteiger partial charge in [-0.1, -0.05) is 103 Å². The van der Waals surface area contributed by atoms with Gasteiger partial charge in [-0.15, -0.1) is 0 Å². The zero-order chi connectivity index (χ0) is 33.5. The summed E-state index contributed by atoms with van der Waals surface area (Å²) in [6.45, 7) is 0. The van der Waals surface area contributed by atoms with Crippen molar-refractivity contribution in [3.63, 3.8) is 0 Å². The molecule has 3 aliphatic rings. The molecular formula is C45H29N6+. The zero-order valence-corrected chi connectivity index (χ0v) is 27.4.